The molecule has 1 aliphatic rings. The number of ether oxygens (including phenoxy) is 2. The fourth-order valence-corrected chi connectivity index (χ4v) is 5.47. The molecule has 3 rings (SSSR count). The predicted octanol–water partition coefficient (Wildman–Crippen LogP) is 1.99. The zero-order valence-electron chi connectivity index (χ0n) is 14.1. The van der Waals surface area contributed by atoms with Gasteiger partial charge >= 0.3 is 12.0 Å². The molecule has 1 N–H and O–H groups in total. The maximum absolute atomic E-state index is 12.6. The van der Waals surface area contributed by atoms with E-state index < -0.39 is 16.0 Å². The van der Waals surface area contributed by atoms with Gasteiger partial charge in [0.1, 0.15) is 15.9 Å². The minimum absolute atomic E-state index is 0.0367. The lowest BCUT2D eigenvalue weighted by Gasteiger charge is -2.28. The molecule has 0 radical (unpaired) electrons. The lowest BCUT2D eigenvalue weighted by molar-refractivity contribution is 0.0602. The van der Waals surface area contributed by atoms with E-state index >= 15 is 0 Å². The van der Waals surface area contributed by atoms with Gasteiger partial charge in [0.25, 0.3) is 0 Å². The van der Waals surface area contributed by atoms with E-state index in [2.05, 4.69) is 19.4 Å². The van der Waals surface area contributed by atoms with E-state index in [1.165, 1.54) is 13.2 Å². The van der Waals surface area contributed by atoms with Gasteiger partial charge < -0.3 is 9.47 Å². The lowest BCUT2D eigenvalue weighted by atomic mass is 9.94. The van der Waals surface area contributed by atoms with Crippen molar-refractivity contribution in [1.82, 2.24) is 14.7 Å². The Kier molecular flexibility index (Phi) is 5.84. The summed E-state index contributed by atoms with van der Waals surface area (Å²) in [7, 11) is -2.56. The third-order valence-electron chi connectivity index (χ3n) is 4.10. The molecule has 140 valence electrons. The standard InChI is InChI=1S/C16H19N3O5S2/c1-23-15(20)14-13(7-10-25-14)26(21,22)19-11-3-5-12(6-4-11)24-16-17-8-2-9-18-16/h2,7-12,19H,3-6H2,1H3. The van der Waals surface area contributed by atoms with Crippen molar-refractivity contribution in [3.63, 3.8) is 0 Å². The van der Waals surface area contributed by atoms with E-state index in [4.69, 9.17) is 4.74 Å². The Morgan fingerprint density at radius 2 is 1.92 bits per heavy atom. The molecule has 0 spiro atoms. The first kappa shape index (κ1) is 18.7. The van der Waals surface area contributed by atoms with Crippen molar-refractivity contribution >= 4 is 27.3 Å². The maximum atomic E-state index is 12.6. The molecule has 10 heteroatoms. The number of hydrogen-bond donors (Lipinski definition) is 1. The Morgan fingerprint density at radius 3 is 2.58 bits per heavy atom. The van der Waals surface area contributed by atoms with Crippen LogP contribution in [-0.4, -0.2) is 43.6 Å². The van der Waals surface area contributed by atoms with Gasteiger partial charge in [-0.05, 0) is 43.2 Å². The van der Waals surface area contributed by atoms with Gasteiger partial charge in [0.05, 0.1) is 7.11 Å². The average Bonchev–Trinajstić information content (AvgIpc) is 3.14. The van der Waals surface area contributed by atoms with Crippen LogP contribution in [0.1, 0.15) is 35.4 Å². The number of rotatable bonds is 6. The summed E-state index contributed by atoms with van der Waals surface area (Å²) in [5.41, 5.74) is 0. The minimum Gasteiger partial charge on any atom is -0.465 e. The zero-order valence-corrected chi connectivity index (χ0v) is 15.8. The smallest absolute Gasteiger partial charge is 0.349 e. The van der Waals surface area contributed by atoms with Gasteiger partial charge in [-0.1, -0.05) is 0 Å². The van der Waals surface area contributed by atoms with Gasteiger partial charge in [0.2, 0.25) is 10.0 Å². The third kappa shape index (κ3) is 4.37. The Balaban J connectivity index is 1.59. The number of nitrogens with one attached hydrogen (secondary N) is 1. The Morgan fingerprint density at radius 1 is 1.23 bits per heavy atom. The van der Waals surface area contributed by atoms with Gasteiger partial charge in [-0.15, -0.1) is 11.3 Å². The monoisotopic (exact) mass is 397 g/mol. The first-order chi connectivity index (χ1) is 12.5. The van der Waals surface area contributed by atoms with Gasteiger partial charge in [-0.2, -0.15) is 0 Å². The molecule has 0 aromatic carbocycles. The van der Waals surface area contributed by atoms with E-state index in [0.717, 1.165) is 11.3 Å². The van der Waals surface area contributed by atoms with Crippen LogP contribution in [0.2, 0.25) is 0 Å². The van der Waals surface area contributed by atoms with Crippen LogP contribution in [0.3, 0.4) is 0 Å². The second-order valence-corrected chi connectivity index (χ2v) is 8.45. The predicted molar refractivity (Wildman–Crippen MR) is 94.7 cm³/mol. The highest BCUT2D eigenvalue weighted by Gasteiger charge is 2.30. The highest BCUT2D eigenvalue weighted by molar-refractivity contribution is 7.89. The van der Waals surface area contributed by atoms with Crippen LogP contribution in [0.25, 0.3) is 0 Å². The summed E-state index contributed by atoms with van der Waals surface area (Å²) < 4.78 is 38.3. The molecule has 2 aromatic heterocycles. The number of sulfonamides is 1. The first-order valence-electron chi connectivity index (χ1n) is 8.11. The number of aromatic nitrogens is 2. The third-order valence-corrected chi connectivity index (χ3v) is 6.69. The molecule has 0 atom stereocenters. The van der Waals surface area contributed by atoms with E-state index in [9.17, 15) is 13.2 Å². The molecule has 2 aromatic rings. The van der Waals surface area contributed by atoms with Crippen LogP contribution in [0.15, 0.2) is 34.8 Å². The molecule has 2 heterocycles. The molecular weight excluding hydrogens is 378 g/mol. The van der Waals surface area contributed by atoms with Crippen molar-refractivity contribution in [1.29, 1.82) is 0 Å². The van der Waals surface area contributed by atoms with Crippen LogP contribution < -0.4 is 9.46 Å². The number of hydrogen-bond acceptors (Lipinski definition) is 8. The SMILES string of the molecule is COC(=O)c1sccc1S(=O)(=O)NC1CCC(Oc2ncccn2)CC1. The van der Waals surface area contributed by atoms with Crippen molar-refractivity contribution in [2.45, 2.75) is 42.7 Å². The molecule has 0 aliphatic heterocycles. The number of carbonyl (C=O) groups is 1. The fourth-order valence-electron chi connectivity index (χ4n) is 2.83. The summed E-state index contributed by atoms with van der Waals surface area (Å²) in [5.74, 6) is -0.652. The molecule has 1 fully saturated rings. The van der Waals surface area contributed by atoms with Crippen LogP contribution in [0.4, 0.5) is 0 Å². The van der Waals surface area contributed by atoms with Crippen LogP contribution in [0, 0.1) is 0 Å². The number of carbonyl (C=O) groups excluding carboxylic acids is 1. The molecule has 0 amide bonds. The summed E-state index contributed by atoms with van der Waals surface area (Å²) in [4.78, 5) is 19.8. The van der Waals surface area contributed by atoms with Crippen molar-refractivity contribution in [3.05, 3.63) is 34.8 Å². The summed E-state index contributed by atoms with van der Waals surface area (Å²) in [6, 6.07) is 3.26. The Bertz CT molecular complexity index is 846. The Labute approximate surface area is 155 Å². The zero-order chi connectivity index (χ0) is 18.6. The Hall–Kier alpha value is -2.04. The molecule has 0 unspecified atom stereocenters. The number of nitrogens with zero attached hydrogens (tertiary/aromatic N) is 2. The number of thiophene rings is 1. The number of methoxy groups -OCH3 is 1. The average molecular weight is 397 g/mol. The van der Waals surface area contributed by atoms with E-state index in [1.807, 2.05) is 0 Å². The van der Waals surface area contributed by atoms with Gasteiger partial charge in [0.15, 0.2) is 0 Å². The van der Waals surface area contributed by atoms with Crippen LogP contribution in [0.5, 0.6) is 6.01 Å². The van der Waals surface area contributed by atoms with E-state index in [1.54, 1.807) is 23.8 Å². The highest BCUT2D eigenvalue weighted by atomic mass is 32.2. The normalized spacial score (nSPS) is 20.5. The lowest BCUT2D eigenvalue weighted by Crippen LogP contribution is -2.40. The van der Waals surface area contributed by atoms with Crippen molar-refractivity contribution in [2.24, 2.45) is 0 Å². The summed E-state index contributed by atoms with van der Waals surface area (Å²) >= 11 is 1.05. The van der Waals surface area contributed by atoms with Gasteiger partial charge in [-0.25, -0.2) is 27.9 Å². The highest BCUT2D eigenvalue weighted by Crippen LogP contribution is 2.26. The van der Waals surface area contributed by atoms with Gasteiger partial charge in [-0.3, -0.25) is 0 Å². The largest absolute Gasteiger partial charge is 0.465 e. The molecule has 1 aliphatic carbocycles. The van der Waals surface area contributed by atoms with E-state index in [0.29, 0.717) is 31.7 Å². The number of esters is 1. The quantitative estimate of drug-likeness (QED) is 0.743. The minimum atomic E-state index is -3.78. The van der Waals surface area contributed by atoms with E-state index in [-0.39, 0.29) is 21.9 Å². The molecule has 0 bridgehead atoms. The molecular formula is C16H19N3O5S2. The molecule has 0 saturated heterocycles. The molecule has 8 nitrogen and oxygen atoms in total. The summed E-state index contributed by atoms with van der Waals surface area (Å²) in [6.45, 7) is 0. The van der Waals surface area contributed by atoms with Crippen molar-refractivity contribution in [2.75, 3.05) is 7.11 Å². The fraction of sp³-hybridized carbons (Fsp3) is 0.438. The molecule has 1 saturated carbocycles. The second-order valence-electron chi connectivity index (χ2n) is 5.85. The summed E-state index contributed by atoms with van der Waals surface area (Å²) in [6.07, 6.45) is 5.84. The van der Waals surface area contributed by atoms with Crippen molar-refractivity contribution < 1.29 is 22.7 Å². The molecule has 26 heavy (non-hydrogen) atoms. The second kappa shape index (κ2) is 8.11. The van der Waals surface area contributed by atoms with Crippen LogP contribution in [-0.2, 0) is 14.8 Å². The topological polar surface area (TPSA) is 107 Å². The first-order valence-corrected chi connectivity index (χ1v) is 10.5. The van der Waals surface area contributed by atoms with Gasteiger partial charge in [0, 0.05) is 18.4 Å². The van der Waals surface area contributed by atoms with Crippen molar-refractivity contribution in [3.8, 4) is 6.01 Å². The maximum Gasteiger partial charge on any atom is 0.349 e. The summed E-state index contributed by atoms with van der Waals surface area (Å²) in [5, 5.41) is 1.56. The van der Waals surface area contributed by atoms with Crippen LogP contribution >= 0.6 is 11.3 Å².